The predicted octanol–water partition coefficient (Wildman–Crippen LogP) is 2.08. The van der Waals surface area contributed by atoms with Gasteiger partial charge in [0.2, 0.25) is 0 Å². The summed E-state index contributed by atoms with van der Waals surface area (Å²) in [6, 6.07) is 9.88. The molecule has 5 rings (SSSR count). The number of anilines is 2. The third kappa shape index (κ3) is 3.76. The SMILES string of the molecule is COC1CN(c2ccc3c(c2)OC[C@H](NC(=O)c2sc4nc(C)ccc4c2N)C3)CC1N. The number of ether oxygens (including phenoxy) is 2. The number of methoxy groups -OCH3 is 1. The van der Waals surface area contributed by atoms with Crippen LogP contribution in [0.25, 0.3) is 10.2 Å². The van der Waals surface area contributed by atoms with Crippen LogP contribution >= 0.6 is 11.3 Å². The first-order valence-electron chi connectivity index (χ1n) is 10.7. The molecule has 0 saturated carbocycles. The number of pyridine rings is 1. The fourth-order valence-electron chi connectivity index (χ4n) is 4.42. The first kappa shape index (κ1) is 21.0. The van der Waals surface area contributed by atoms with Gasteiger partial charge in [-0.05, 0) is 37.1 Å². The van der Waals surface area contributed by atoms with Crippen LogP contribution in [-0.4, -0.2) is 55.9 Å². The van der Waals surface area contributed by atoms with Crippen molar-refractivity contribution >= 4 is 38.8 Å². The second kappa shape index (κ2) is 8.23. The summed E-state index contributed by atoms with van der Waals surface area (Å²) in [5, 5.41) is 3.90. The van der Waals surface area contributed by atoms with Crippen molar-refractivity contribution in [1.82, 2.24) is 10.3 Å². The number of thiophene rings is 1. The molecule has 0 radical (unpaired) electrons. The van der Waals surface area contributed by atoms with E-state index in [9.17, 15) is 4.79 Å². The van der Waals surface area contributed by atoms with Crippen molar-refractivity contribution in [2.24, 2.45) is 5.73 Å². The van der Waals surface area contributed by atoms with Gasteiger partial charge in [-0.25, -0.2) is 4.98 Å². The van der Waals surface area contributed by atoms with Crippen molar-refractivity contribution in [3.8, 4) is 5.75 Å². The molecule has 3 atom stereocenters. The van der Waals surface area contributed by atoms with Gasteiger partial charge < -0.3 is 31.2 Å². The third-order valence-electron chi connectivity index (χ3n) is 6.21. The Morgan fingerprint density at radius 1 is 1.31 bits per heavy atom. The van der Waals surface area contributed by atoms with Crippen LogP contribution in [0.3, 0.4) is 0 Å². The minimum Gasteiger partial charge on any atom is -0.491 e. The summed E-state index contributed by atoms with van der Waals surface area (Å²) < 4.78 is 11.5. The molecular weight excluding hydrogens is 426 g/mol. The van der Waals surface area contributed by atoms with Gasteiger partial charge in [0.05, 0.1) is 23.9 Å². The quantitative estimate of drug-likeness (QED) is 0.554. The lowest BCUT2D eigenvalue weighted by Gasteiger charge is -2.28. The second-order valence-corrected chi connectivity index (χ2v) is 9.47. The van der Waals surface area contributed by atoms with E-state index in [1.807, 2.05) is 19.1 Å². The standard InChI is InChI=1S/C23H27N5O3S/c1-12-3-6-16-20(25)21(32-23(16)26-12)22(29)27-14-7-13-4-5-15(8-18(13)31-11-14)28-9-17(24)19(10-28)30-2/h3-6,8,14,17,19H,7,9-11,24-25H2,1-2H3,(H,27,29)/t14-,17?,19?/m1/s1. The first-order chi connectivity index (χ1) is 15.4. The lowest BCUT2D eigenvalue weighted by molar-refractivity contribution is 0.0920. The van der Waals surface area contributed by atoms with Crippen molar-refractivity contribution in [2.75, 3.05) is 37.4 Å². The number of aromatic nitrogens is 1. The van der Waals surface area contributed by atoms with Crippen molar-refractivity contribution in [2.45, 2.75) is 31.5 Å². The summed E-state index contributed by atoms with van der Waals surface area (Å²) >= 11 is 1.32. The van der Waals surface area contributed by atoms with Gasteiger partial charge in [-0.3, -0.25) is 4.79 Å². The van der Waals surface area contributed by atoms with Crippen molar-refractivity contribution in [1.29, 1.82) is 0 Å². The molecule has 2 unspecified atom stereocenters. The number of hydrogen-bond donors (Lipinski definition) is 3. The van der Waals surface area contributed by atoms with E-state index in [2.05, 4.69) is 33.4 Å². The predicted molar refractivity (Wildman–Crippen MR) is 127 cm³/mol. The highest BCUT2D eigenvalue weighted by molar-refractivity contribution is 7.21. The molecule has 4 heterocycles. The number of aryl methyl sites for hydroxylation is 1. The zero-order chi connectivity index (χ0) is 22.4. The fraction of sp³-hybridized carbons (Fsp3) is 0.391. The molecule has 32 heavy (non-hydrogen) atoms. The molecule has 2 aromatic heterocycles. The van der Waals surface area contributed by atoms with Crippen LogP contribution in [0.1, 0.15) is 20.9 Å². The zero-order valence-corrected chi connectivity index (χ0v) is 18.9. The molecule has 0 spiro atoms. The van der Waals surface area contributed by atoms with Crippen LogP contribution in [0.5, 0.6) is 5.75 Å². The van der Waals surface area contributed by atoms with E-state index >= 15 is 0 Å². The normalized spacial score (nSPS) is 22.6. The molecule has 0 aliphatic carbocycles. The van der Waals surface area contributed by atoms with E-state index in [4.69, 9.17) is 20.9 Å². The number of rotatable bonds is 4. The van der Waals surface area contributed by atoms with Gasteiger partial charge in [-0.2, -0.15) is 0 Å². The van der Waals surface area contributed by atoms with E-state index in [0.29, 0.717) is 23.6 Å². The van der Waals surface area contributed by atoms with E-state index in [-0.39, 0.29) is 24.1 Å². The Morgan fingerprint density at radius 2 is 2.16 bits per heavy atom. The molecule has 0 bridgehead atoms. The molecule has 2 aliphatic heterocycles. The van der Waals surface area contributed by atoms with Crippen LogP contribution in [0.2, 0.25) is 0 Å². The monoisotopic (exact) mass is 453 g/mol. The molecule has 1 amide bonds. The number of carbonyl (C=O) groups is 1. The topological polar surface area (TPSA) is 116 Å². The Bertz CT molecular complexity index is 1180. The maximum absolute atomic E-state index is 12.9. The number of nitrogens with one attached hydrogen (secondary N) is 1. The summed E-state index contributed by atoms with van der Waals surface area (Å²) in [6.07, 6.45) is 0.732. The summed E-state index contributed by atoms with van der Waals surface area (Å²) in [5.41, 5.74) is 15.9. The smallest absolute Gasteiger partial charge is 0.263 e. The largest absolute Gasteiger partial charge is 0.491 e. The molecule has 1 saturated heterocycles. The van der Waals surface area contributed by atoms with E-state index in [1.165, 1.54) is 11.3 Å². The number of amides is 1. The van der Waals surface area contributed by atoms with E-state index in [1.54, 1.807) is 7.11 Å². The maximum Gasteiger partial charge on any atom is 0.263 e. The number of nitrogens with zero attached hydrogens (tertiary/aromatic N) is 2. The van der Waals surface area contributed by atoms with Crippen molar-refractivity contribution in [3.05, 3.63) is 46.5 Å². The maximum atomic E-state index is 12.9. The minimum absolute atomic E-state index is 0.00278. The highest BCUT2D eigenvalue weighted by Gasteiger charge is 2.31. The molecule has 168 valence electrons. The van der Waals surface area contributed by atoms with Gasteiger partial charge in [0.15, 0.2) is 0 Å². The number of benzene rings is 1. The lowest BCUT2D eigenvalue weighted by atomic mass is 10.0. The Labute approximate surface area is 190 Å². The van der Waals surface area contributed by atoms with Gasteiger partial charge in [0, 0.05) is 43.0 Å². The Kier molecular flexibility index (Phi) is 5.40. The minimum atomic E-state index is -0.187. The average molecular weight is 454 g/mol. The Hall–Kier alpha value is -2.88. The second-order valence-electron chi connectivity index (χ2n) is 8.47. The van der Waals surface area contributed by atoms with Gasteiger partial charge in [-0.1, -0.05) is 6.07 Å². The van der Waals surface area contributed by atoms with Crippen molar-refractivity contribution in [3.63, 3.8) is 0 Å². The number of hydrogen-bond acceptors (Lipinski definition) is 8. The molecule has 3 aromatic rings. The fourth-order valence-corrected chi connectivity index (χ4v) is 5.46. The molecule has 8 nitrogen and oxygen atoms in total. The van der Waals surface area contributed by atoms with Crippen LogP contribution in [0.15, 0.2) is 30.3 Å². The van der Waals surface area contributed by atoms with Crippen LogP contribution in [0.4, 0.5) is 11.4 Å². The van der Waals surface area contributed by atoms with Crippen molar-refractivity contribution < 1.29 is 14.3 Å². The summed E-state index contributed by atoms with van der Waals surface area (Å²) in [5.74, 6) is 0.664. The Balaban J connectivity index is 1.28. The molecule has 9 heteroatoms. The summed E-state index contributed by atoms with van der Waals surface area (Å²) in [4.78, 5) is 20.9. The van der Waals surface area contributed by atoms with Crippen LogP contribution < -0.4 is 26.4 Å². The zero-order valence-electron chi connectivity index (χ0n) is 18.1. The number of fused-ring (bicyclic) bond motifs is 2. The first-order valence-corrected chi connectivity index (χ1v) is 11.5. The molecule has 5 N–H and O–H groups in total. The molecular formula is C23H27N5O3S. The van der Waals surface area contributed by atoms with Gasteiger partial charge in [0.1, 0.15) is 22.1 Å². The van der Waals surface area contributed by atoms with Crippen LogP contribution in [-0.2, 0) is 11.2 Å². The molecule has 1 aromatic carbocycles. The van der Waals surface area contributed by atoms with Crippen LogP contribution in [0, 0.1) is 6.92 Å². The molecule has 2 aliphatic rings. The van der Waals surface area contributed by atoms with Gasteiger partial charge >= 0.3 is 0 Å². The van der Waals surface area contributed by atoms with Gasteiger partial charge in [-0.15, -0.1) is 11.3 Å². The highest BCUT2D eigenvalue weighted by Crippen LogP contribution is 2.34. The highest BCUT2D eigenvalue weighted by atomic mass is 32.1. The molecule has 1 fully saturated rings. The number of carbonyl (C=O) groups excluding carboxylic acids is 1. The summed E-state index contributed by atoms with van der Waals surface area (Å²) in [7, 11) is 1.70. The number of nitrogen functional groups attached to an aromatic ring is 1. The average Bonchev–Trinajstić information content (AvgIpc) is 3.32. The Morgan fingerprint density at radius 3 is 2.94 bits per heavy atom. The van der Waals surface area contributed by atoms with E-state index in [0.717, 1.165) is 46.0 Å². The lowest BCUT2D eigenvalue weighted by Crippen LogP contribution is -2.42. The van der Waals surface area contributed by atoms with E-state index < -0.39 is 0 Å². The summed E-state index contributed by atoms with van der Waals surface area (Å²) in [6.45, 7) is 3.84. The number of nitrogens with two attached hydrogens (primary N) is 2. The third-order valence-corrected chi connectivity index (χ3v) is 7.32. The van der Waals surface area contributed by atoms with Gasteiger partial charge in [0.25, 0.3) is 5.91 Å².